The van der Waals surface area contributed by atoms with Crippen molar-refractivity contribution in [1.82, 2.24) is 5.32 Å². The summed E-state index contributed by atoms with van der Waals surface area (Å²) in [6, 6.07) is 36.3. The minimum absolute atomic E-state index is 0.0131. The highest BCUT2D eigenvalue weighted by Crippen LogP contribution is 2.37. The van der Waals surface area contributed by atoms with Crippen molar-refractivity contribution < 1.29 is 24.0 Å². The molecule has 0 aliphatic rings. The number of methoxy groups -OCH3 is 1. The zero-order chi connectivity index (χ0) is 34.8. The number of nitrogens with one attached hydrogen (secondary N) is 3. The first kappa shape index (κ1) is 34.1. The fraction of sp³-hybridized carbons (Fsp3) is 0.0789. The van der Waals surface area contributed by atoms with Gasteiger partial charge in [0.1, 0.15) is 16.7 Å². The molecule has 5 rings (SSSR count). The number of non-ortho nitro benzene ring substituents is 1. The number of carbonyl (C=O) groups excluding carboxylic acids is 3. The smallest absolute Gasteiger partial charge is 0.272 e. The fourth-order valence-electron chi connectivity index (χ4n) is 4.84. The van der Waals surface area contributed by atoms with Crippen LogP contribution in [0.1, 0.15) is 32.3 Å². The van der Waals surface area contributed by atoms with Crippen molar-refractivity contribution in [1.29, 1.82) is 0 Å². The second kappa shape index (κ2) is 16.1. The summed E-state index contributed by atoms with van der Waals surface area (Å²) < 4.78 is 5.44. The monoisotopic (exact) mass is 672 g/mol. The van der Waals surface area contributed by atoms with Crippen LogP contribution < -0.4 is 20.7 Å². The van der Waals surface area contributed by atoms with E-state index in [0.717, 1.165) is 10.5 Å². The van der Waals surface area contributed by atoms with E-state index in [-0.39, 0.29) is 17.3 Å². The predicted octanol–water partition coefficient (Wildman–Crippen LogP) is 7.79. The quantitative estimate of drug-likeness (QED) is 0.0532. The van der Waals surface area contributed by atoms with Crippen LogP contribution in [-0.4, -0.2) is 29.8 Å². The Morgan fingerprint density at radius 2 is 1.47 bits per heavy atom. The van der Waals surface area contributed by atoms with Crippen LogP contribution in [0.15, 0.2) is 138 Å². The first-order valence-corrected chi connectivity index (χ1v) is 16.0. The predicted molar refractivity (Wildman–Crippen MR) is 191 cm³/mol. The van der Waals surface area contributed by atoms with Crippen molar-refractivity contribution in [2.45, 2.75) is 17.1 Å². The summed E-state index contributed by atoms with van der Waals surface area (Å²) in [6.45, 7) is 1.70. The van der Waals surface area contributed by atoms with E-state index < -0.39 is 22.0 Å². The Bertz CT molecular complexity index is 2000. The first-order valence-electron chi connectivity index (χ1n) is 15.1. The molecule has 0 heterocycles. The fourth-order valence-corrected chi connectivity index (χ4v) is 5.86. The van der Waals surface area contributed by atoms with E-state index in [1.165, 1.54) is 37.1 Å². The third-order valence-electron chi connectivity index (χ3n) is 7.35. The molecule has 246 valence electrons. The van der Waals surface area contributed by atoms with Gasteiger partial charge in [0.05, 0.1) is 12.0 Å². The van der Waals surface area contributed by atoms with Crippen LogP contribution in [0.5, 0.6) is 5.75 Å². The van der Waals surface area contributed by atoms with Gasteiger partial charge in [-0.2, -0.15) is 0 Å². The Hall–Kier alpha value is -6.20. The van der Waals surface area contributed by atoms with Crippen LogP contribution in [0.2, 0.25) is 0 Å². The highest BCUT2D eigenvalue weighted by atomic mass is 32.2. The highest BCUT2D eigenvalue weighted by Gasteiger charge is 2.23. The minimum Gasteiger partial charge on any atom is -0.496 e. The molecule has 0 aliphatic heterocycles. The molecule has 3 N–H and O–H groups in total. The summed E-state index contributed by atoms with van der Waals surface area (Å²) in [4.78, 5) is 51.6. The number of rotatable bonds is 12. The van der Waals surface area contributed by atoms with Gasteiger partial charge < -0.3 is 20.7 Å². The molecule has 5 aromatic carbocycles. The number of aryl methyl sites for hydroxylation is 1. The molecule has 0 spiro atoms. The van der Waals surface area contributed by atoms with Gasteiger partial charge in [-0.3, -0.25) is 24.5 Å². The number of para-hydroxylation sites is 1. The Morgan fingerprint density at radius 1 is 0.816 bits per heavy atom. The van der Waals surface area contributed by atoms with Crippen LogP contribution in [0.3, 0.4) is 0 Å². The average Bonchev–Trinajstić information content (AvgIpc) is 3.12. The molecule has 0 saturated heterocycles. The number of thioether (sulfide) groups is 1. The van der Waals surface area contributed by atoms with Crippen LogP contribution in [-0.2, 0) is 9.59 Å². The lowest BCUT2D eigenvalue weighted by atomic mass is 10.1. The lowest BCUT2D eigenvalue weighted by Gasteiger charge is -2.18. The Kier molecular flexibility index (Phi) is 11.2. The molecule has 5 aromatic rings. The Labute approximate surface area is 287 Å². The molecule has 0 aliphatic carbocycles. The largest absolute Gasteiger partial charge is 0.496 e. The third kappa shape index (κ3) is 8.99. The first-order chi connectivity index (χ1) is 23.7. The lowest BCUT2D eigenvalue weighted by molar-refractivity contribution is -0.384. The average molecular weight is 673 g/mol. The normalized spacial score (nSPS) is 11.6. The van der Waals surface area contributed by atoms with E-state index in [4.69, 9.17) is 4.74 Å². The Morgan fingerprint density at radius 3 is 2.12 bits per heavy atom. The van der Waals surface area contributed by atoms with E-state index in [0.29, 0.717) is 33.8 Å². The number of amides is 3. The van der Waals surface area contributed by atoms with Gasteiger partial charge in [0, 0.05) is 39.5 Å². The zero-order valence-electron chi connectivity index (χ0n) is 26.6. The number of ether oxygens (including phenoxy) is 1. The number of carbonyl (C=O) groups is 3. The van der Waals surface area contributed by atoms with Crippen molar-refractivity contribution in [3.8, 4) is 5.75 Å². The number of nitro benzene ring substituents is 1. The third-order valence-corrected chi connectivity index (χ3v) is 8.62. The van der Waals surface area contributed by atoms with Gasteiger partial charge in [-0.15, -0.1) is 11.8 Å². The summed E-state index contributed by atoms with van der Waals surface area (Å²) in [5.74, 6) is -0.761. The van der Waals surface area contributed by atoms with Gasteiger partial charge in [0.15, 0.2) is 0 Å². The van der Waals surface area contributed by atoms with Gasteiger partial charge in [0.2, 0.25) is 5.91 Å². The maximum absolute atomic E-state index is 13.6. The number of anilines is 2. The van der Waals surface area contributed by atoms with Gasteiger partial charge in [-0.25, -0.2) is 0 Å². The van der Waals surface area contributed by atoms with E-state index in [1.54, 1.807) is 91.9 Å². The van der Waals surface area contributed by atoms with Crippen molar-refractivity contribution in [2.75, 3.05) is 17.7 Å². The number of nitro groups is 1. The molecule has 10 nitrogen and oxygen atoms in total. The van der Waals surface area contributed by atoms with E-state index in [1.807, 2.05) is 30.3 Å². The second-order valence-electron chi connectivity index (χ2n) is 10.8. The lowest BCUT2D eigenvalue weighted by Crippen LogP contribution is -2.30. The number of hydrogen-bond acceptors (Lipinski definition) is 7. The molecule has 1 atom stereocenters. The van der Waals surface area contributed by atoms with Crippen molar-refractivity contribution >= 4 is 52.6 Å². The van der Waals surface area contributed by atoms with E-state index in [2.05, 4.69) is 16.0 Å². The molecule has 11 heteroatoms. The van der Waals surface area contributed by atoms with Gasteiger partial charge in [-0.05, 0) is 72.7 Å². The summed E-state index contributed by atoms with van der Waals surface area (Å²) in [7, 11) is 1.53. The summed E-state index contributed by atoms with van der Waals surface area (Å²) in [5, 5.41) is 19.0. The van der Waals surface area contributed by atoms with Crippen molar-refractivity contribution in [3.63, 3.8) is 0 Å². The van der Waals surface area contributed by atoms with Gasteiger partial charge >= 0.3 is 0 Å². The van der Waals surface area contributed by atoms with E-state index in [9.17, 15) is 24.5 Å². The number of hydrogen-bond donors (Lipinski definition) is 3. The Balaban J connectivity index is 1.34. The molecule has 0 saturated carbocycles. The summed E-state index contributed by atoms with van der Waals surface area (Å²) >= 11 is 1.31. The second-order valence-corrected chi connectivity index (χ2v) is 11.9. The maximum atomic E-state index is 13.6. The van der Waals surface area contributed by atoms with Crippen LogP contribution in [0, 0.1) is 17.0 Å². The zero-order valence-corrected chi connectivity index (χ0v) is 27.4. The molecule has 49 heavy (non-hydrogen) atoms. The molecular weight excluding hydrogens is 641 g/mol. The van der Waals surface area contributed by atoms with Crippen LogP contribution in [0.4, 0.5) is 17.1 Å². The number of nitrogens with zero attached hydrogens (tertiary/aromatic N) is 1. The highest BCUT2D eigenvalue weighted by molar-refractivity contribution is 8.00. The molecule has 0 aromatic heterocycles. The van der Waals surface area contributed by atoms with Crippen molar-refractivity contribution in [3.05, 3.63) is 165 Å². The standard InChI is InChI=1S/C38H32N4O6S/c1-25-23-30(42(46)47)19-22-32(25)40-38(45)35(26-11-5-3-6-12-26)49-31-20-17-29(18-21-31)39-37(44)33(24-28-15-9-10-16-34(28)48-2)41-36(43)27-13-7-4-8-14-27/h3-24,35H,1-2H3,(H,39,44)(H,40,45)(H,41,43)/b33-24-. The molecule has 0 bridgehead atoms. The van der Waals surface area contributed by atoms with Crippen LogP contribution in [0.25, 0.3) is 6.08 Å². The minimum atomic E-state index is -0.653. The van der Waals surface area contributed by atoms with Gasteiger partial charge in [0.25, 0.3) is 17.5 Å². The van der Waals surface area contributed by atoms with Gasteiger partial charge in [-0.1, -0.05) is 66.7 Å². The summed E-state index contributed by atoms with van der Waals surface area (Å²) in [5.41, 5.74) is 3.23. The van der Waals surface area contributed by atoms with Crippen molar-refractivity contribution in [2.24, 2.45) is 0 Å². The van der Waals surface area contributed by atoms with Crippen LogP contribution >= 0.6 is 11.8 Å². The summed E-state index contributed by atoms with van der Waals surface area (Å²) in [6.07, 6.45) is 1.55. The topological polar surface area (TPSA) is 140 Å². The molecule has 0 radical (unpaired) electrons. The SMILES string of the molecule is COc1ccccc1/C=C(\NC(=O)c1ccccc1)C(=O)Nc1ccc(SC(C(=O)Nc2ccc([N+](=O)[O-])cc2C)c2ccccc2)cc1. The molecule has 1 unspecified atom stereocenters. The van der Waals surface area contributed by atoms with E-state index >= 15 is 0 Å². The molecular formula is C38H32N4O6S. The maximum Gasteiger partial charge on any atom is 0.272 e. The number of benzene rings is 5. The molecule has 0 fully saturated rings. The molecule has 3 amide bonds.